The zero-order chi connectivity index (χ0) is 30.1. The Morgan fingerprint density at radius 2 is 1.91 bits per heavy atom. The molecule has 2 aliphatic rings. The number of ether oxygens (including phenoxy) is 3. The lowest BCUT2D eigenvalue weighted by Crippen LogP contribution is -2.42. The molecule has 228 valence electrons. The van der Waals surface area contributed by atoms with Gasteiger partial charge in [-0.25, -0.2) is 4.98 Å². The summed E-state index contributed by atoms with van der Waals surface area (Å²) in [6.07, 6.45) is 10.0. The highest BCUT2D eigenvalue weighted by molar-refractivity contribution is 6.30. The van der Waals surface area contributed by atoms with Crippen LogP contribution in [-0.4, -0.2) is 53.8 Å². The summed E-state index contributed by atoms with van der Waals surface area (Å²) < 4.78 is 17.6. The molecule has 2 aliphatic heterocycles. The van der Waals surface area contributed by atoms with Crippen molar-refractivity contribution in [2.24, 2.45) is 0 Å². The van der Waals surface area contributed by atoms with Gasteiger partial charge in [0.05, 0.1) is 18.8 Å². The van der Waals surface area contributed by atoms with Crippen molar-refractivity contribution in [2.45, 2.75) is 63.9 Å². The molecule has 1 fully saturated rings. The average molecular weight is 605 g/mol. The number of halogens is 1. The summed E-state index contributed by atoms with van der Waals surface area (Å²) in [7, 11) is 0. The van der Waals surface area contributed by atoms with Crippen molar-refractivity contribution in [3.8, 4) is 17.4 Å². The lowest BCUT2D eigenvalue weighted by Gasteiger charge is -2.38. The van der Waals surface area contributed by atoms with Crippen molar-refractivity contribution < 1.29 is 24.1 Å². The van der Waals surface area contributed by atoms with Crippen molar-refractivity contribution in [3.05, 3.63) is 88.6 Å². The van der Waals surface area contributed by atoms with Crippen LogP contribution in [0.15, 0.2) is 66.9 Å². The van der Waals surface area contributed by atoms with Crippen molar-refractivity contribution in [3.63, 3.8) is 0 Å². The van der Waals surface area contributed by atoms with Gasteiger partial charge < -0.3 is 24.2 Å². The smallest absolute Gasteiger partial charge is 0.305 e. The Kier molecular flexibility index (Phi) is 10.7. The second-order valence-corrected chi connectivity index (χ2v) is 11.7. The molecule has 0 spiro atoms. The van der Waals surface area contributed by atoms with Gasteiger partial charge >= 0.3 is 5.97 Å². The third-order valence-corrected chi connectivity index (χ3v) is 8.52. The van der Waals surface area contributed by atoms with Gasteiger partial charge in [-0.05, 0) is 93.0 Å². The zero-order valence-corrected chi connectivity index (χ0v) is 25.7. The number of hydrogen-bond acceptors (Lipinski definition) is 7. The number of benzene rings is 2. The zero-order valence-electron chi connectivity index (χ0n) is 24.9. The number of aliphatic hydroxyl groups is 1. The normalized spacial score (nSPS) is 17.0. The Morgan fingerprint density at radius 3 is 2.70 bits per heavy atom. The predicted molar refractivity (Wildman–Crippen MR) is 169 cm³/mol. The monoisotopic (exact) mass is 604 g/mol. The molecule has 2 aromatic carbocycles. The molecule has 0 amide bonds. The Hall–Kier alpha value is -3.39. The molecule has 43 heavy (non-hydrogen) atoms. The van der Waals surface area contributed by atoms with Crippen LogP contribution >= 0.6 is 11.6 Å². The average Bonchev–Trinajstić information content (AvgIpc) is 3.17. The van der Waals surface area contributed by atoms with Crippen LogP contribution in [0.25, 0.3) is 5.57 Å². The second kappa shape index (κ2) is 14.9. The van der Waals surface area contributed by atoms with E-state index in [1.165, 1.54) is 5.57 Å². The molecule has 0 atom stereocenters. The van der Waals surface area contributed by atoms with Gasteiger partial charge in [0.2, 0.25) is 5.88 Å². The minimum absolute atomic E-state index is 0.138. The van der Waals surface area contributed by atoms with Crippen molar-refractivity contribution >= 4 is 23.1 Å². The standard InChI is InChI=1S/C35H41ClN2O5/c1-2-41-33(39)13-4-3-5-24-42-31-11-6-12-32-30(31)25-26(29-10-7-20-37-34(29)43-32)9-8-21-38-22-18-35(40,19-23-38)27-14-16-28(36)17-15-27/h6-7,9-12,14-17,20,40H,2-5,8,13,18-19,21-25H2,1H3. The van der Waals surface area contributed by atoms with E-state index in [0.29, 0.717) is 49.8 Å². The van der Waals surface area contributed by atoms with Crippen LogP contribution in [0.4, 0.5) is 0 Å². The molecule has 0 radical (unpaired) electrons. The number of carbonyl (C=O) groups excluding carboxylic acids is 1. The van der Waals surface area contributed by atoms with Gasteiger partial charge in [0.15, 0.2) is 0 Å². The molecule has 5 rings (SSSR count). The molecule has 1 saturated heterocycles. The number of rotatable bonds is 12. The maximum Gasteiger partial charge on any atom is 0.305 e. The minimum atomic E-state index is -0.802. The number of fused-ring (bicyclic) bond motifs is 2. The van der Waals surface area contributed by atoms with Crippen LogP contribution in [0, 0.1) is 0 Å². The molecular formula is C35H41ClN2O5. The molecule has 7 nitrogen and oxygen atoms in total. The minimum Gasteiger partial charge on any atom is -0.493 e. The first-order valence-electron chi connectivity index (χ1n) is 15.4. The maximum absolute atomic E-state index is 11.6. The van der Waals surface area contributed by atoms with E-state index in [1.54, 1.807) is 6.20 Å². The summed E-state index contributed by atoms with van der Waals surface area (Å²) in [5.74, 6) is 2.05. The lowest BCUT2D eigenvalue weighted by molar-refractivity contribution is -0.143. The first-order valence-corrected chi connectivity index (χ1v) is 15.8. The van der Waals surface area contributed by atoms with E-state index in [0.717, 1.165) is 73.5 Å². The number of allylic oxidation sites excluding steroid dienone is 1. The molecule has 1 N–H and O–H groups in total. The largest absolute Gasteiger partial charge is 0.493 e. The number of hydrogen-bond donors (Lipinski definition) is 1. The summed E-state index contributed by atoms with van der Waals surface area (Å²) in [6, 6.07) is 17.5. The van der Waals surface area contributed by atoms with E-state index < -0.39 is 5.60 Å². The summed E-state index contributed by atoms with van der Waals surface area (Å²) in [5, 5.41) is 11.9. The summed E-state index contributed by atoms with van der Waals surface area (Å²) in [5.41, 5.74) is 3.32. The molecule has 3 aromatic rings. The fraction of sp³-hybridized carbons (Fsp3) is 0.429. The Balaban J connectivity index is 1.20. The quantitative estimate of drug-likeness (QED) is 0.171. The molecule has 0 bridgehead atoms. The number of esters is 1. The predicted octanol–water partition coefficient (Wildman–Crippen LogP) is 7.34. The van der Waals surface area contributed by atoms with Crippen molar-refractivity contribution in [2.75, 3.05) is 32.8 Å². The first kappa shape index (κ1) is 31.0. The Labute approximate surface area is 259 Å². The lowest BCUT2D eigenvalue weighted by atomic mass is 9.84. The molecule has 0 unspecified atom stereocenters. The summed E-state index contributed by atoms with van der Waals surface area (Å²) in [4.78, 5) is 18.5. The highest BCUT2D eigenvalue weighted by Crippen LogP contribution is 2.42. The van der Waals surface area contributed by atoms with Crippen LogP contribution < -0.4 is 9.47 Å². The molecule has 8 heteroatoms. The fourth-order valence-corrected chi connectivity index (χ4v) is 5.95. The van der Waals surface area contributed by atoms with Crippen LogP contribution in [-0.2, 0) is 21.6 Å². The number of nitrogens with zero attached hydrogens (tertiary/aromatic N) is 2. The van der Waals surface area contributed by atoms with E-state index in [9.17, 15) is 9.90 Å². The van der Waals surface area contributed by atoms with Gasteiger partial charge in [0.25, 0.3) is 0 Å². The highest BCUT2D eigenvalue weighted by atomic mass is 35.5. The van der Waals surface area contributed by atoms with E-state index >= 15 is 0 Å². The highest BCUT2D eigenvalue weighted by Gasteiger charge is 2.33. The summed E-state index contributed by atoms with van der Waals surface area (Å²) in [6.45, 7) is 5.40. The van der Waals surface area contributed by atoms with E-state index in [4.69, 9.17) is 25.8 Å². The van der Waals surface area contributed by atoms with Gasteiger partial charge in [0.1, 0.15) is 11.5 Å². The van der Waals surface area contributed by atoms with Gasteiger partial charge in [-0.1, -0.05) is 35.9 Å². The van der Waals surface area contributed by atoms with Gasteiger partial charge in [-0.15, -0.1) is 0 Å². The van der Waals surface area contributed by atoms with Crippen LogP contribution in [0.2, 0.25) is 5.02 Å². The molecule has 0 aliphatic carbocycles. The van der Waals surface area contributed by atoms with Crippen LogP contribution in [0.5, 0.6) is 17.4 Å². The summed E-state index contributed by atoms with van der Waals surface area (Å²) >= 11 is 6.05. The van der Waals surface area contributed by atoms with E-state index in [-0.39, 0.29) is 5.97 Å². The fourth-order valence-electron chi connectivity index (χ4n) is 5.82. The molecule has 0 saturated carbocycles. The van der Waals surface area contributed by atoms with Gasteiger partial charge in [-0.3, -0.25) is 4.79 Å². The maximum atomic E-state index is 11.6. The number of pyridine rings is 1. The topological polar surface area (TPSA) is 81.1 Å². The Morgan fingerprint density at radius 1 is 1.09 bits per heavy atom. The second-order valence-electron chi connectivity index (χ2n) is 11.2. The number of piperidine rings is 1. The van der Waals surface area contributed by atoms with Crippen LogP contribution in [0.3, 0.4) is 0 Å². The number of aromatic nitrogens is 1. The van der Waals surface area contributed by atoms with Crippen molar-refractivity contribution in [1.82, 2.24) is 9.88 Å². The van der Waals surface area contributed by atoms with Gasteiger partial charge in [-0.2, -0.15) is 0 Å². The third kappa shape index (κ3) is 8.17. The van der Waals surface area contributed by atoms with E-state index in [1.807, 2.05) is 55.5 Å². The number of likely N-dealkylation sites (tertiary alicyclic amines) is 1. The Bertz CT molecular complexity index is 1400. The van der Waals surface area contributed by atoms with E-state index in [2.05, 4.69) is 22.0 Å². The third-order valence-electron chi connectivity index (χ3n) is 8.27. The van der Waals surface area contributed by atoms with Crippen molar-refractivity contribution in [1.29, 1.82) is 0 Å². The number of unbranched alkanes of at least 4 members (excludes halogenated alkanes) is 2. The molecule has 1 aromatic heterocycles. The SMILES string of the molecule is CCOC(=O)CCCCCOc1cccc2c1CC(=CCCN1CCC(O)(c3ccc(Cl)cc3)CC1)c1cccnc1O2. The molecule has 3 heterocycles. The van der Waals surface area contributed by atoms with Gasteiger partial charge in [0, 0.05) is 54.8 Å². The molecular weight excluding hydrogens is 564 g/mol. The van der Waals surface area contributed by atoms with Crippen LogP contribution in [0.1, 0.15) is 68.6 Å². The number of carbonyl (C=O) groups is 1. The first-order chi connectivity index (χ1) is 20.9.